The molecule has 0 radical (unpaired) electrons. The van der Waals surface area contributed by atoms with Crippen molar-refractivity contribution >= 4 is 0 Å². The highest BCUT2D eigenvalue weighted by Gasteiger charge is 2.27. The van der Waals surface area contributed by atoms with E-state index in [1.54, 1.807) is 0 Å². The molecule has 2 heterocycles. The lowest BCUT2D eigenvalue weighted by Crippen LogP contribution is -2.29. The van der Waals surface area contributed by atoms with Crippen LogP contribution in [0.1, 0.15) is 41.8 Å². The van der Waals surface area contributed by atoms with Crippen LogP contribution >= 0.6 is 0 Å². The van der Waals surface area contributed by atoms with Gasteiger partial charge in [-0.2, -0.15) is 0 Å². The van der Waals surface area contributed by atoms with Crippen LogP contribution in [0.5, 0.6) is 5.75 Å². The van der Waals surface area contributed by atoms with Crippen LogP contribution in [-0.4, -0.2) is 22.6 Å². The van der Waals surface area contributed by atoms with Gasteiger partial charge in [0.2, 0.25) is 0 Å². The van der Waals surface area contributed by atoms with Gasteiger partial charge in [-0.1, -0.05) is 42.0 Å². The fourth-order valence-electron chi connectivity index (χ4n) is 4.12. The molecule has 140 valence electrons. The smallest absolute Gasteiger partial charge is 0.119 e. The summed E-state index contributed by atoms with van der Waals surface area (Å²) in [6.07, 6.45) is 3.39. The second-order valence-electron chi connectivity index (χ2n) is 7.34. The third-order valence-corrected chi connectivity index (χ3v) is 5.33. The predicted octanol–water partition coefficient (Wildman–Crippen LogP) is 5.19. The number of aromatic nitrogens is 1. The Labute approximate surface area is 162 Å². The van der Waals surface area contributed by atoms with Gasteiger partial charge in [0, 0.05) is 31.5 Å². The summed E-state index contributed by atoms with van der Waals surface area (Å²) in [5.41, 5.74) is 5.42. The number of nitrogens with zero attached hydrogens (tertiary/aromatic N) is 2. The predicted molar refractivity (Wildman–Crippen MR) is 110 cm³/mol. The first kappa shape index (κ1) is 17.9. The van der Waals surface area contributed by atoms with E-state index in [1.807, 2.05) is 6.92 Å². The Morgan fingerprint density at radius 3 is 2.63 bits per heavy atom. The maximum atomic E-state index is 5.59. The summed E-state index contributed by atoms with van der Waals surface area (Å²) in [6, 6.07) is 22.3. The molecule has 3 nitrogen and oxygen atoms in total. The Kier molecular flexibility index (Phi) is 5.30. The van der Waals surface area contributed by atoms with E-state index in [1.165, 1.54) is 28.8 Å². The summed E-state index contributed by atoms with van der Waals surface area (Å²) in [6.45, 7) is 8.02. The van der Waals surface area contributed by atoms with E-state index >= 15 is 0 Å². The maximum absolute atomic E-state index is 5.59. The van der Waals surface area contributed by atoms with E-state index in [0.717, 1.165) is 25.4 Å². The highest BCUT2D eigenvalue weighted by Crippen LogP contribution is 2.33. The van der Waals surface area contributed by atoms with E-state index in [0.29, 0.717) is 6.61 Å². The van der Waals surface area contributed by atoms with Crippen molar-refractivity contribution in [2.24, 2.45) is 0 Å². The van der Waals surface area contributed by atoms with Crippen LogP contribution in [-0.2, 0) is 13.1 Å². The van der Waals surface area contributed by atoms with E-state index in [2.05, 4.69) is 83.3 Å². The molecule has 0 unspecified atom stereocenters. The SMILES string of the molecule is CCOc1ccc(CN2CCCn3cccc3[C@@H]2c2cccc(C)c2)cc1. The fraction of sp³-hybridized carbons (Fsp3) is 0.333. The van der Waals surface area contributed by atoms with E-state index in [4.69, 9.17) is 4.74 Å². The molecule has 0 amide bonds. The van der Waals surface area contributed by atoms with Gasteiger partial charge in [-0.25, -0.2) is 0 Å². The summed E-state index contributed by atoms with van der Waals surface area (Å²) in [5.74, 6) is 0.946. The quantitative estimate of drug-likeness (QED) is 0.623. The number of rotatable bonds is 5. The third kappa shape index (κ3) is 3.93. The van der Waals surface area contributed by atoms with Gasteiger partial charge in [-0.05, 0) is 55.7 Å². The first-order valence-corrected chi connectivity index (χ1v) is 9.92. The lowest BCUT2D eigenvalue weighted by Gasteiger charge is -2.31. The molecule has 2 aromatic carbocycles. The van der Waals surface area contributed by atoms with E-state index in [-0.39, 0.29) is 6.04 Å². The highest BCUT2D eigenvalue weighted by atomic mass is 16.5. The molecule has 0 bridgehead atoms. The molecule has 1 aliphatic heterocycles. The van der Waals surface area contributed by atoms with Gasteiger partial charge in [0.05, 0.1) is 12.6 Å². The number of aryl methyl sites for hydroxylation is 2. The van der Waals surface area contributed by atoms with Gasteiger partial charge in [-0.3, -0.25) is 4.90 Å². The minimum Gasteiger partial charge on any atom is -0.494 e. The normalized spacial score (nSPS) is 17.3. The van der Waals surface area contributed by atoms with Gasteiger partial charge in [0.15, 0.2) is 0 Å². The summed E-state index contributed by atoms with van der Waals surface area (Å²) >= 11 is 0. The van der Waals surface area contributed by atoms with Crippen LogP contribution in [0.15, 0.2) is 66.9 Å². The minimum absolute atomic E-state index is 0.286. The number of ether oxygens (including phenoxy) is 1. The summed E-state index contributed by atoms with van der Waals surface area (Å²) in [4.78, 5) is 2.61. The largest absolute Gasteiger partial charge is 0.494 e. The van der Waals surface area contributed by atoms with Crippen LogP contribution in [0.25, 0.3) is 0 Å². The molecular formula is C24H28N2O. The summed E-state index contributed by atoms with van der Waals surface area (Å²) in [7, 11) is 0. The number of fused-ring (bicyclic) bond motifs is 1. The maximum Gasteiger partial charge on any atom is 0.119 e. The van der Waals surface area contributed by atoms with Crippen LogP contribution in [0.2, 0.25) is 0 Å². The van der Waals surface area contributed by atoms with Gasteiger partial charge in [0.1, 0.15) is 5.75 Å². The lowest BCUT2D eigenvalue weighted by molar-refractivity contribution is 0.220. The molecule has 27 heavy (non-hydrogen) atoms. The molecule has 0 N–H and O–H groups in total. The molecule has 3 heteroatoms. The molecule has 0 aliphatic carbocycles. The lowest BCUT2D eigenvalue weighted by atomic mass is 9.99. The fourth-order valence-corrected chi connectivity index (χ4v) is 4.12. The Morgan fingerprint density at radius 1 is 1.00 bits per heavy atom. The first-order chi connectivity index (χ1) is 13.2. The van der Waals surface area contributed by atoms with Crippen molar-refractivity contribution < 1.29 is 4.74 Å². The summed E-state index contributed by atoms with van der Waals surface area (Å²) < 4.78 is 8.02. The molecular weight excluding hydrogens is 332 g/mol. The van der Waals surface area contributed by atoms with Crippen LogP contribution in [0.4, 0.5) is 0 Å². The van der Waals surface area contributed by atoms with Gasteiger partial charge >= 0.3 is 0 Å². The molecule has 1 aliphatic rings. The molecule has 0 saturated carbocycles. The van der Waals surface area contributed by atoms with Crippen LogP contribution < -0.4 is 4.74 Å². The van der Waals surface area contributed by atoms with Crippen molar-refractivity contribution in [1.29, 1.82) is 0 Å². The first-order valence-electron chi connectivity index (χ1n) is 9.92. The molecule has 4 rings (SSSR count). The number of benzene rings is 2. The van der Waals surface area contributed by atoms with Crippen LogP contribution in [0.3, 0.4) is 0 Å². The van der Waals surface area contributed by atoms with Crippen molar-refractivity contribution in [2.75, 3.05) is 13.2 Å². The molecule has 0 saturated heterocycles. The van der Waals surface area contributed by atoms with Gasteiger partial charge in [0.25, 0.3) is 0 Å². The number of hydrogen-bond acceptors (Lipinski definition) is 2. The topological polar surface area (TPSA) is 17.4 Å². The molecule has 3 aromatic rings. The zero-order valence-electron chi connectivity index (χ0n) is 16.3. The Balaban J connectivity index is 1.66. The number of hydrogen-bond donors (Lipinski definition) is 0. The van der Waals surface area contributed by atoms with Crippen molar-refractivity contribution in [3.05, 3.63) is 89.2 Å². The minimum atomic E-state index is 0.286. The summed E-state index contributed by atoms with van der Waals surface area (Å²) in [5, 5.41) is 0. The van der Waals surface area contributed by atoms with Crippen molar-refractivity contribution in [3.63, 3.8) is 0 Å². The zero-order valence-corrected chi connectivity index (χ0v) is 16.3. The third-order valence-electron chi connectivity index (χ3n) is 5.33. The van der Waals surface area contributed by atoms with Crippen molar-refractivity contribution in [3.8, 4) is 5.75 Å². The second-order valence-corrected chi connectivity index (χ2v) is 7.34. The Bertz CT molecular complexity index is 881. The molecule has 1 aromatic heterocycles. The van der Waals surface area contributed by atoms with E-state index < -0.39 is 0 Å². The zero-order chi connectivity index (χ0) is 18.6. The van der Waals surface area contributed by atoms with Crippen LogP contribution in [0, 0.1) is 6.92 Å². The van der Waals surface area contributed by atoms with Gasteiger partial charge in [-0.15, -0.1) is 0 Å². The average molecular weight is 361 g/mol. The molecule has 1 atom stereocenters. The molecule has 0 spiro atoms. The standard InChI is InChI=1S/C24H28N2O/c1-3-27-22-12-10-20(11-13-22)18-26-16-6-15-25-14-5-9-23(25)24(26)21-8-4-7-19(2)17-21/h4-5,7-14,17,24H,3,6,15-16,18H2,1-2H3/t24-/m0/s1. The Hall–Kier alpha value is -2.52. The Morgan fingerprint density at radius 2 is 1.85 bits per heavy atom. The van der Waals surface area contributed by atoms with E-state index in [9.17, 15) is 0 Å². The van der Waals surface area contributed by atoms with Gasteiger partial charge < -0.3 is 9.30 Å². The highest BCUT2D eigenvalue weighted by molar-refractivity contribution is 5.33. The molecule has 0 fully saturated rings. The monoisotopic (exact) mass is 360 g/mol. The average Bonchev–Trinajstić information content (AvgIpc) is 3.05. The van der Waals surface area contributed by atoms with Crippen molar-refractivity contribution in [1.82, 2.24) is 9.47 Å². The van der Waals surface area contributed by atoms with Crippen molar-refractivity contribution in [2.45, 2.75) is 39.4 Å². The second kappa shape index (κ2) is 8.01.